The molecule has 0 aliphatic heterocycles. The van der Waals surface area contributed by atoms with Crippen molar-refractivity contribution in [2.45, 2.75) is 6.54 Å². The van der Waals surface area contributed by atoms with E-state index < -0.39 is 5.97 Å². The van der Waals surface area contributed by atoms with E-state index in [-0.39, 0.29) is 0 Å². The van der Waals surface area contributed by atoms with E-state index in [2.05, 4.69) is 14.3 Å². The maximum absolute atomic E-state index is 11.2. The van der Waals surface area contributed by atoms with Gasteiger partial charge in [0.15, 0.2) is 11.6 Å². The number of ether oxygens (including phenoxy) is 2. The molecule has 0 atom stereocenters. The minimum atomic E-state index is -0.430. The van der Waals surface area contributed by atoms with Crippen molar-refractivity contribution < 1.29 is 18.7 Å². The average Bonchev–Trinajstić information content (AvgIpc) is 3.22. The van der Waals surface area contributed by atoms with Crippen LogP contribution in [0.5, 0.6) is 0 Å². The Morgan fingerprint density at radius 3 is 2.88 bits per heavy atom. The summed E-state index contributed by atoms with van der Waals surface area (Å²) >= 11 is 0. The van der Waals surface area contributed by atoms with E-state index in [1.165, 1.54) is 13.2 Å². The van der Waals surface area contributed by atoms with Gasteiger partial charge in [-0.25, -0.2) is 9.78 Å². The van der Waals surface area contributed by atoms with Crippen molar-refractivity contribution in [3.63, 3.8) is 0 Å². The van der Waals surface area contributed by atoms with Crippen molar-refractivity contribution >= 4 is 23.1 Å². The molecule has 3 rings (SSSR count). The lowest BCUT2D eigenvalue weighted by molar-refractivity contribution is -0.134. The molecule has 24 heavy (non-hydrogen) atoms. The van der Waals surface area contributed by atoms with Gasteiger partial charge in [0.25, 0.3) is 0 Å². The lowest BCUT2D eigenvalue weighted by Crippen LogP contribution is -2.05. The van der Waals surface area contributed by atoms with Crippen LogP contribution >= 0.6 is 0 Å². The Morgan fingerprint density at radius 2 is 2.08 bits per heavy atom. The van der Waals surface area contributed by atoms with Crippen LogP contribution in [0.3, 0.4) is 0 Å². The van der Waals surface area contributed by atoms with Gasteiger partial charge >= 0.3 is 5.97 Å². The molecule has 6 nitrogen and oxygen atoms in total. The molecule has 2 aromatic heterocycles. The number of benzene rings is 1. The van der Waals surface area contributed by atoms with Crippen LogP contribution in [0.15, 0.2) is 46.9 Å². The highest BCUT2D eigenvalue weighted by Gasteiger charge is 2.15. The highest BCUT2D eigenvalue weighted by Crippen LogP contribution is 2.26. The summed E-state index contributed by atoms with van der Waals surface area (Å²) in [6, 6.07) is 11.5. The maximum atomic E-state index is 11.2. The third-order valence-corrected chi connectivity index (χ3v) is 3.61. The van der Waals surface area contributed by atoms with Crippen LogP contribution in [0.4, 0.5) is 0 Å². The van der Waals surface area contributed by atoms with E-state index >= 15 is 0 Å². The number of furan rings is 1. The smallest absolute Gasteiger partial charge is 0.330 e. The van der Waals surface area contributed by atoms with Gasteiger partial charge in [0.2, 0.25) is 0 Å². The lowest BCUT2D eigenvalue weighted by Gasteiger charge is -2.06. The predicted octanol–water partition coefficient (Wildman–Crippen LogP) is 3.13. The zero-order valence-corrected chi connectivity index (χ0v) is 13.6. The highest BCUT2D eigenvalue weighted by atomic mass is 16.5. The molecule has 0 saturated carbocycles. The molecular weight excluding hydrogens is 308 g/mol. The monoisotopic (exact) mass is 326 g/mol. The summed E-state index contributed by atoms with van der Waals surface area (Å²) in [4.78, 5) is 15.8. The van der Waals surface area contributed by atoms with Gasteiger partial charge in [0.1, 0.15) is 5.76 Å². The number of imidazole rings is 1. The second kappa shape index (κ2) is 7.14. The van der Waals surface area contributed by atoms with Gasteiger partial charge in [-0.05, 0) is 30.3 Å². The molecule has 0 fully saturated rings. The lowest BCUT2D eigenvalue weighted by atomic mass is 10.3. The summed E-state index contributed by atoms with van der Waals surface area (Å²) in [5.41, 5.74) is 1.92. The van der Waals surface area contributed by atoms with E-state index in [0.29, 0.717) is 24.7 Å². The number of carbonyl (C=O) groups is 1. The Morgan fingerprint density at radius 1 is 1.25 bits per heavy atom. The molecule has 2 heterocycles. The molecule has 0 radical (unpaired) electrons. The molecule has 0 amide bonds. The summed E-state index contributed by atoms with van der Waals surface area (Å²) in [5.74, 6) is 1.49. The number of nitrogens with zero attached hydrogens (tertiary/aromatic N) is 2. The molecule has 124 valence electrons. The fourth-order valence-electron chi connectivity index (χ4n) is 2.45. The number of rotatable bonds is 6. The second-order valence-electron chi connectivity index (χ2n) is 5.13. The molecule has 6 heteroatoms. The number of esters is 1. The molecular formula is C18H18N2O4. The van der Waals surface area contributed by atoms with Gasteiger partial charge in [-0.1, -0.05) is 12.1 Å². The normalized spacial score (nSPS) is 11.4. The SMILES string of the molecule is COCCn1c(-c2ccc(/C=C/C(=O)OC)o2)nc2ccccc21. The third kappa shape index (κ3) is 3.23. The van der Waals surface area contributed by atoms with Crippen LogP contribution < -0.4 is 0 Å². The number of methoxy groups -OCH3 is 2. The minimum absolute atomic E-state index is 0.430. The van der Waals surface area contributed by atoms with Crippen LogP contribution in [0.2, 0.25) is 0 Å². The molecule has 0 aliphatic rings. The highest BCUT2D eigenvalue weighted by molar-refractivity contribution is 5.86. The Hall–Kier alpha value is -2.86. The molecule has 0 saturated heterocycles. The Kier molecular flexibility index (Phi) is 4.77. The fourth-order valence-corrected chi connectivity index (χ4v) is 2.45. The summed E-state index contributed by atoms with van der Waals surface area (Å²) < 4.78 is 17.6. The van der Waals surface area contributed by atoms with Gasteiger partial charge in [0, 0.05) is 19.7 Å². The average molecular weight is 326 g/mol. The number of hydrogen-bond acceptors (Lipinski definition) is 5. The van der Waals surface area contributed by atoms with Crippen LogP contribution in [-0.2, 0) is 20.8 Å². The van der Waals surface area contributed by atoms with Gasteiger partial charge in [-0.2, -0.15) is 0 Å². The number of para-hydroxylation sites is 2. The summed E-state index contributed by atoms with van der Waals surface area (Å²) in [5, 5.41) is 0. The molecule has 1 aromatic carbocycles. The quantitative estimate of drug-likeness (QED) is 0.514. The van der Waals surface area contributed by atoms with Crippen LogP contribution in [-0.4, -0.2) is 36.3 Å². The standard InChI is InChI=1S/C18H18N2O4/c1-22-12-11-20-15-6-4-3-5-14(15)19-18(20)16-9-7-13(24-16)8-10-17(21)23-2/h3-10H,11-12H2,1-2H3/b10-8+. The van der Waals surface area contributed by atoms with Gasteiger partial charge in [0.05, 0.1) is 24.8 Å². The molecule has 0 N–H and O–H groups in total. The number of hydrogen-bond donors (Lipinski definition) is 0. The van der Waals surface area contributed by atoms with E-state index in [1.807, 2.05) is 30.3 Å². The van der Waals surface area contributed by atoms with E-state index in [1.54, 1.807) is 19.3 Å². The Bertz CT molecular complexity index is 876. The van der Waals surface area contributed by atoms with Gasteiger partial charge in [-0.3, -0.25) is 0 Å². The topological polar surface area (TPSA) is 66.5 Å². The zero-order valence-electron chi connectivity index (χ0n) is 13.6. The van der Waals surface area contributed by atoms with E-state index in [9.17, 15) is 4.79 Å². The van der Waals surface area contributed by atoms with Gasteiger partial charge < -0.3 is 18.5 Å². The van der Waals surface area contributed by atoms with Crippen molar-refractivity contribution in [3.8, 4) is 11.6 Å². The summed E-state index contributed by atoms with van der Waals surface area (Å²) in [6.07, 6.45) is 2.88. The van der Waals surface area contributed by atoms with Crippen LogP contribution in [0, 0.1) is 0 Å². The predicted molar refractivity (Wildman–Crippen MR) is 90.4 cm³/mol. The van der Waals surface area contributed by atoms with Crippen molar-refractivity contribution in [1.82, 2.24) is 9.55 Å². The first-order valence-electron chi connectivity index (χ1n) is 7.53. The first kappa shape index (κ1) is 16.0. The third-order valence-electron chi connectivity index (χ3n) is 3.61. The Labute approximate surface area is 139 Å². The molecule has 3 aromatic rings. The summed E-state index contributed by atoms with van der Waals surface area (Å²) in [7, 11) is 3.00. The van der Waals surface area contributed by atoms with Crippen molar-refractivity contribution in [3.05, 3.63) is 48.2 Å². The minimum Gasteiger partial charge on any atom is -0.466 e. The molecule has 0 bridgehead atoms. The first-order chi connectivity index (χ1) is 11.7. The molecule has 0 spiro atoms. The largest absolute Gasteiger partial charge is 0.466 e. The number of fused-ring (bicyclic) bond motifs is 1. The number of carbonyl (C=O) groups excluding carboxylic acids is 1. The van der Waals surface area contributed by atoms with Crippen molar-refractivity contribution in [1.29, 1.82) is 0 Å². The zero-order chi connectivity index (χ0) is 16.9. The van der Waals surface area contributed by atoms with Gasteiger partial charge in [-0.15, -0.1) is 0 Å². The van der Waals surface area contributed by atoms with E-state index in [0.717, 1.165) is 16.9 Å². The Balaban J connectivity index is 1.98. The fraction of sp³-hybridized carbons (Fsp3) is 0.222. The summed E-state index contributed by atoms with van der Waals surface area (Å²) in [6.45, 7) is 1.24. The van der Waals surface area contributed by atoms with E-state index in [4.69, 9.17) is 9.15 Å². The number of aromatic nitrogens is 2. The second-order valence-corrected chi connectivity index (χ2v) is 5.13. The molecule has 0 aliphatic carbocycles. The maximum Gasteiger partial charge on any atom is 0.330 e. The van der Waals surface area contributed by atoms with Crippen molar-refractivity contribution in [2.75, 3.05) is 20.8 Å². The van der Waals surface area contributed by atoms with Crippen LogP contribution in [0.1, 0.15) is 5.76 Å². The molecule has 0 unspecified atom stereocenters. The van der Waals surface area contributed by atoms with Crippen molar-refractivity contribution in [2.24, 2.45) is 0 Å². The first-order valence-corrected chi connectivity index (χ1v) is 7.53. The van der Waals surface area contributed by atoms with Crippen LogP contribution in [0.25, 0.3) is 28.7 Å².